The molecule has 1 aliphatic heterocycles. The van der Waals surface area contributed by atoms with Gasteiger partial charge in [-0.1, -0.05) is 29.2 Å². The molecule has 1 fully saturated rings. The Kier molecular flexibility index (Phi) is 5.88. The maximum atomic E-state index is 12.7. The molecule has 1 aliphatic rings. The number of nitrogens with zero attached hydrogens (tertiary/aromatic N) is 3. The van der Waals surface area contributed by atoms with Gasteiger partial charge in [-0.2, -0.15) is 4.31 Å². The lowest BCUT2D eigenvalue weighted by Crippen LogP contribution is -2.35. The van der Waals surface area contributed by atoms with E-state index in [0.29, 0.717) is 24.5 Å². The number of carbonyl (C=O) groups excluding carboxylic acids is 1. The van der Waals surface area contributed by atoms with Crippen LogP contribution in [0, 0.1) is 13.8 Å². The van der Waals surface area contributed by atoms with Crippen molar-refractivity contribution in [1.29, 1.82) is 0 Å². The monoisotopic (exact) mass is 440 g/mol. The molecular formula is C22H24N4O4S. The molecule has 0 unspecified atom stereocenters. The van der Waals surface area contributed by atoms with Gasteiger partial charge in [0.05, 0.1) is 4.90 Å². The molecule has 8 nitrogen and oxygen atoms in total. The lowest BCUT2D eigenvalue weighted by atomic mass is 10.1. The Morgan fingerprint density at radius 1 is 1.00 bits per heavy atom. The number of anilines is 1. The molecule has 3 aromatic rings. The van der Waals surface area contributed by atoms with E-state index < -0.39 is 15.9 Å². The Morgan fingerprint density at radius 2 is 1.71 bits per heavy atom. The number of hydrogen-bond acceptors (Lipinski definition) is 6. The maximum absolute atomic E-state index is 12.7. The van der Waals surface area contributed by atoms with Crippen molar-refractivity contribution < 1.29 is 17.6 Å². The van der Waals surface area contributed by atoms with Gasteiger partial charge in [0.25, 0.3) is 5.91 Å². The lowest BCUT2D eigenvalue weighted by molar-refractivity contribution is 0.102. The number of carbonyl (C=O) groups is 1. The van der Waals surface area contributed by atoms with Crippen LogP contribution in [0.2, 0.25) is 0 Å². The minimum Gasteiger partial charge on any atom is -0.403 e. The first-order chi connectivity index (χ1) is 14.8. The number of amides is 1. The standard InChI is InChI=1S/C22H24N4O4S/c1-15-6-7-16(2)19(14-15)21-24-25-22(30-21)23-20(27)17-8-10-18(11-9-17)31(28,29)26-12-4-3-5-13-26/h6-11,14H,3-5,12-13H2,1-2H3,(H,23,25,27). The van der Waals surface area contributed by atoms with Crippen LogP contribution in [0.5, 0.6) is 0 Å². The Hall–Kier alpha value is -3.04. The number of sulfonamides is 1. The van der Waals surface area contributed by atoms with Crippen molar-refractivity contribution in [2.45, 2.75) is 38.0 Å². The molecule has 1 saturated heterocycles. The van der Waals surface area contributed by atoms with E-state index in [4.69, 9.17) is 4.42 Å². The summed E-state index contributed by atoms with van der Waals surface area (Å²) in [5, 5.41) is 10.5. The van der Waals surface area contributed by atoms with Gasteiger partial charge in [0.15, 0.2) is 0 Å². The van der Waals surface area contributed by atoms with Crippen LogP contribution < -0.4 is 5.32 Å². The van der Waals surface area contributed by atoms with Crippen LogP contribution in [0.3, 0.4) is 0 Å². The molecule has 0 saturated carbocycles. The van der Waals surface area contributed by atoms with E-state index in [1.54, 1.807) is 0 Å². The Labute approximate surface area is 181 Å². The molecule has 2 heterocycles. The van der Waals surface area contributed by atoms with Crippen LogP contribution in [0.4, 0.5) is 6.01 Å². The van der Waals surface area contributed by atoms with E-state index in [1.807, 2.05) is 32.0 Å². The van der Waals surface area contributed by atoms with E-state index in [9.17, 15) is 13.2 Å². The highest BCUT2D eigenvalue weighted by molar-refractivity contribution is 7.89. The quantitative estimate of drug-likeness (QED) is 0.647. The van der Waals surface area contributed by atoms with E-state index >= 15 is 0 Å². The smallest absolute Gasteiger partial charge is 0.322 e. The van der Waals surface area contributed by atoms with E-state index in [2.05, 4.69) is 15.5 Å². The SMILES string of the molecule is Cc1ccc(C)c(-c2nnc(NC(=O)c3ccc(S(=O)(=O)N4CCCCC4)cc3)o2)c1. The lowest BCUT2D eigenvalue weighted by Gasteiger charge is -2.25. The summed E-state index contributed by atoms with van der Waals surface area (Å²) >= 11 is 0. The van der Waals surface area contributed by atoms with Crippen LogP contribution >= 0.6 is 0 Å². The molecule has 0 bridgehead atoms. The summed E-state index contributed by atoms with van der Waals surface area (Å²) in [7, 11) is -3.54. The average Bonchev–Trinajstić information content (AvgIpc) is 3.24. The second-order valence-corrected chi connectivity index (χ2v) is 9.61. The molecule has 0 aliphatic carbocycles. The van der Waals surface area contributed by atoms with Gasteiger partial charge < -0.3 is 4.42 Å². The number of piperidine rings is 1. The molecule has 0 atom stereocenters. The predicted octanol–water partition coefficient (Wildman–Crippen LogP) is 3.78. The van der Waals surface area contributed by atoms with Gasteiger partial charge in [-0.25, -0.2) is 8.42 Å². The normalized spacial score (nSPS) is 15.0. The van der Waals surface area contributed by atoms with Gasteiger partial charge in [0.2, 0.25) is 15.9 Å². The van der Waals surface area contributed by atoms with Crippen molar-refractivity contribution in [2.75, 3.05) is 18.4 Å². The summed E-state index contributed by atoms with van der Waals surface area (Å²) < 4.78 is 32.6. The van der Waals surface area contributed by atoms with Crippen molar-refractivity contribution in [3.05, 3.63) is 59.2 Å². The maximum Gasteiger partial charge on any atom is 0.322 e. The number of hydrogen-bond donors (Lipinski definition) is 1. The summed E-state index contributed by atoms with van der Waals surface area (Å²) in [4.78, 5) is 12.7. The molecule has 2 aromatic carbocycles. The average molecular weight is 441 g/mol. The highest BCUT2D eigenvalue weighted by Gasteiger charge is 2.26. The predicted molar refractivity (Wildman–Crippen MR) is 116 cm³/mol. The summed E-state index contributed by atoms with van der Waals surface area (Å²) in [6, 6.07) is 11.7. The molecule has 1 N–H and O–H groups in total. The molecular weight excluding hydrogens is 416 g/mol. The first-order valence-corrected chi connectivity index (χ1v) is 11.6. The van der Waals surface area contributed by atoms with Gasteiger partial charge in [-0.15, -0.1) is 5.10 Å². The molecule has 0 radical (unpaired) electrons. The van der Waals surface area contributed by atoms with Crippen molar-refractivity contribution in [3.8, 4) is 11.5 Å². The second-order valence-electron chi connectivity index (χ2n) is 7.67. The number of aromatic nitrogens is 2. The number of aryl methyl sites for hydroxylation is 2. The number of benzene rings is 2. The van der Waals surface area contributed by atoms with Crippen LogP contribution in [0.15, 0.2) is 51.8 Å². The van der Waals surface area contributed by atoms with Crippen LogP contribution in [0.25, 0.3) is 11.5 Å². The number of rotatable bonds is 5. The third-order valence-corrected chi connectivity index (χ3v) is 7.25. The number of nitrogens with one attached hydrogen (secondary N) is 1. The summed E-state index contributed by atoms with van der Waals surface area (Å²) in [5.41, 5.74) is 3.14. The summed E-state index contributed by atoms with van der Waals surface area (Å²) in [6.45, 7) is 4.98. The fourth-order valence-corrected chi connectivity index (χ4v) is 5.07. The largest absolute Gasteiger partial charge is 0.403 e. The minimum atomic E-state index is -3.54. The highest BCUT2D eigenvalue weighted by Crippen LogP contribution is 2.25. The Morgan fingerprint density at radius 3 is 2.42 bits per heavy atom. The van der Waals surface area contributed by atoms with Crippen molar-refractivity contribution >= 4 is 21.9 Å². The second kappa shape index (κ2) is 8.60. The summed E-state index contributed by atoms with van der Waals surface area (Å²) in [6.07, 6.45) is 2.79. The van der Waals surface area contributed by atoms with Crippen LogP contribution in [0.1, 0.15) is 40.7 Å². The third kappa shape index (κ3) is 4.52. The van der Waals surface area contributed by atoms with Gasteiger partial charge in [-0.05, 0) is 62.6 Å². The van der Waals surface area contributed by atoms with Gasteiger partial charge >= 0.3 is 6.01 Å². The first kappa shape index (κ1) is 21.2. The topological polar surface area (TPSA) is 105 Å². The fraction of sp³-hybridized carbons (Fsp3) is 0.318. The zero-order chi connectivity index (χ0) is 22.0. The van der Waals surface area contributed by atoms with Gasteiger partial charge in [0.1, 0.15) is 0 Å². The van der Waals surface area contributed by atoms with Gasteiger partial charge in [-0.3, -0.25) is 10.1 Å². The molecule has 4 rings (SSSR count). The van der Waals surface area contributed by atoms with Crippen LogP contribution in [-0.2, 0) is 10.0 Å². The molecule has 0 spiro atoms. The Balaban J connectivity index is 1.47. The van der Waals surface area contributed by atoms with E-state index in [-0.39, 0.29) is 10.9 Å². The Bertz CT molecular complexity index is 1200. The van der Waals surface area contributed by atoms with Gasteiger partial charge in [0, 0.05) is 24.2 Å². The van der Waals surface area contributed by atoms with E-state index in [1.165, 1.54) is 28.6 Å². The molecule has 1 aromatic heterocycles. The van der Waals surface area contributed by atoms with E-state index in [0.717, 1.165) is 36.0 Å². The van der Waals surface area contributed by atoms with Crippen molar-refractivity contribution in [3.63, 3.8) is 0 Å². The molecule has 31 heavy (non-hydrogen) atoms. The minimum absolute atomic E-state index is 0.0223. The zero-order valence-electron chi connectivity index (χ0n) is 17.5. The fourth-order valence-electron chi connectivity index (χ4n) is 3.55. The first-order valence-electron chi connectivity index (χ1n) is 10.2. The highest BCUT2D eigenvalue weighted by atomic mass is 32.2. The van der Waals surface area contributed by atoms with Crippen molar-refractivity contribution in [1.82, 2.24) is 14.5 Å². The van der Waals surface area contributed by atoms with Crippen LogP contribution in [-0.4, -0.2) is 41.9 Å². The molecule has 162 valence electrons. The third-order valence-electron chi connectivity index (χ3n) is 5.34. The molecule has 1 amide bonds. The summed E-state index contributed by atoms with van der Waals surface area (Å²) in [5.74, 6) is -0.141. The van der Waals surface area contributed by atoms with Crippen molar-refractivity contribution in [2.24, 2.45) is 0 Å². The molecule has 9 heteroatoms. The zero-order valence-corrected chi connectivity index (χ0v) is 18.3.